The van der Waals surface area contributed by atoms with Crippen molar-refractivity contribution in [2.24, 2.45) is 17.8 Å². The normalized spacial score (nSPS) is 27.7. The summed E-state index contributed by atoms with van der Waals surface area (Å²) >= 11 is 0. The molecule has 2 fully saturated rings. The number of carbonyl (C=O) groups excluding carboxylic acids is 1. The molecule has 3 rings (SSSR count). The van der Waals surface area contributed by atoms with Crippen LogP contribution in [-0.4, -0.2) is 5.91 Å². The molecule has 0 aromatic heterocycles. The summed E-state index contributed by atoms with van der Waals surface area (Å²) in [6.45, 7) is 0. The van der Waals surface area contributed by atoms with Crippen LogP contribution in [0, 0.1) is 17.8 Å². The van der Waals surface area contributed by atoms with Crippen LogP contribution in [0.5, 0.6) is 0 Å². The van der Waals surface area contributed by atoms with Crippen molar-refractivity contribution in [3.63, 3.8) is 0 Å². The van der Waals surface area contributed by atoms with Gasteiger partial charge in [-0.2, -0.15) is 13.2 Å². The van der Waals surface area contributed by atoms with Crippen LogP contribution in [0.4, 0.5) is 18.9 Å². The minimum Gasteiger partial charge on any atom is -0.298 e. The second-order valence-electron chi connectivity index (χ2n) is 5.94. The van der Waals surface area contributed by atoms with E-state index in [1.54, 1.807) is 0 Å². The number of halogens is 3. The molecule has 0 unspecified atom stereocenters. The molecule has 2 aliphatic rings. The highest BCUT2D eigenvalue weighted by atomic mass is 19.4. The van der Waals surface area contributed by atoms with Crippen molar-refractivity contribution in [1.82, 2.24) is 5.43 Å². The van der Waals surface area contributed by atoms with E-state index in [1.807, 2.05) is 0 Å². The SMILES string of the molecule is O=C(NNc1ccccc1C(F)(F)F)[C@H]1C[C@H]2CC[C@H]1C2. The minimum atomic E-state index is -4.44. The molecule has 2 saturated carbocycles. The number of fused-ring (bicyclic) bond motifs is 2. The third-order valence-electron chi connectivity index (χ3n) is 4.63. The van der Waals surface area contributed by atoms with Crippen molar-refractivity contribution in [3.8, 4) is 0 Å². The fourth-order valence-corrected chi connectivity index (χ4v) is 3.63. The Morgan fingerprint density at radius 1 is 1.14 bits per heavy atom. The lowest BCUT2D eigenvalue weighted by Crippen LogP contribution is -2.37. The number of hydrazine groups is 1. The number of para-hydroxylation sites is 1. The monoisotopic (exact) mass is 298 g/mol. The van der Waals surface area contributed by atoms with Crippen molar-refractivity contribution in [2.45, 2.75) is 31.9 Å². The molecule has 0 heterocycles. The van der Waals surface area contributed by atoms with Crippen LogP contribution in [0.1, 0.15) is 31.2 Å². The van der Waals surface area contributed by atoms with Gasteiger partial charge in [-0.15, -0.1) is 0 Å². The van der Waals surface area contributed by atoms with E-state index in [4.69, 9.17) is 0 Å². The van der Waals surface area contributed by atoms with Gasteiger partial charge in [0, 0.05) is 5.92 Å². The quantitative estimate of drug-likeness (QED) is 0.837. The van der Waals surface area contributed by atoms with Crippen molar-refractivity contribution in [1.29, 1.82) is 0 Å². The van der Waals surface area contributed by atoms with E-state index in [9.17, 15) is 18.0 Å². The first kappa shape index (κ1) is 14.2. The van der Waals surface area contributed by atoms with Crippen LogP contribution in [0.25, 0.3) is 0 Å². The van der Waals surface area contributed by atoms with E-state index in [1.165, 1.54) is 24.6 Å². The number of hydrogen-bond acceptors (Lipinski definition) is 2. The molecular formula is C15H17F3N2O. The lowest BCUT2D eigenvalue weighted by Gasteiger charge is -2.22. The zero-order valence-corrected chi connectivity index (χ0v) is 11.4. The van der Waals surface area contributed by atoms with Crippen LogP contribution in [0.3, 0.4) is 0 Å². The average molecular weight is 298 g/mol. The smallest absolute Gasteiger partial charge is 0.298 e. The Kier molecular flexibility index (Phi) is 3.55. The van der Waals surface area contributed by atoms with Gasteiger partial charge in [0.1, 0.15) is 0 Å². The molecule has 1 amide bonds. The molecule has 21 heavy (non-hydrogen) atoms. The first-order chi connectivity index (χ1) is 9.95. The summed E-state index contributed by atoms with van der Waals surface area (Å²) in [5.74, 6) is 0.761. The van der Waals surface area contributed by atoms with E-state index in [-0.39, 0.29) is 17.5 Å². The van der Waals surface area contributed by atoms with E-state index < -0.39 is 11.7 Å². The number of alkyl halides is 3. The molecule has 1 aromatic rings. The lowest BCUT2D eigenvalue weighted by atomic mass is 9.88. The molecule has 0 spiro atoms. The predicted octanol–water partition coefficient (Wildman–Crippen LogP) is 3.58. The molecule has 2 N–H and O–H groups in total. The summed E-state index contributed by atoms with van der Waals surface area (Å²) in [7, 11) is 0. The van der Waals surface area contributed by atoms with Gasteiger partial charge in [-0.1, -0.05) is 18.6 Å². The highest BCUT2D eigenvalue weighted by Crippen LogP contribution is 2.48. The molecule has 6 heteroatoms. The number of benzene rings is 1. The van der Waals surface area contributed by atoms with Gasteiger partial charge in [-0.05, 0) is 43.2 Å². The maximum Gasteiger partial charge on any atom is 0.418 e. The molecule has 1 aromatic carbocycles. The Bertz CT molecular complexity index is 544. The van der Waals surface area contributed by atoms with Crippen LogP contribution in [0.2, 0.25) is 0 Å². The zero-order valence-electron chi connectivity index (χ0n) is 11.4. The van der Waals surface area contributed by atoms with Gasteiger partial charge in [0.05, 0.1) is 11.3 Å². The number of amides is 1. The van der Waals surface area contributed by atoms with E-state index in [2.05, 4.69) is 10.9 Å². The van der Waals surface area contributed by atoms with Gasteiger partial charge in [-0.3, -0.25) is 15.6 Å². The van der Waals surface area contributed by atoms with Gasteiger partial charge >= 0.3 is 6.18 Å². The average Bonchev–Trinajstić information content (AvgIpc) is 3.06. The molecular weight excluding hydrogens is 281 g/mol. The Labute approximate surface area is 120 Å². The molecule has 0 radical (unpaired) electrons. The molecule has 0 saturated heterocycles. The van der Waals surface area contributed by atoms with Gasteiger partial charge in [-0.25, -0.2) is 0 Å². The highest BCUT2D eigenvalue weighted by molar-refractivity contribution is 5.81. The molecule has 114 valence electrons. The third kappa shape index (κ3) is 2.84. The number of rotatable bonds is 3. The largest absolute Gasteiger partial charge is 0.418 e. The van der Waals surface area contributed by atoms with Crippen molar-refractivity contribution in [2.75, 3.05) is 5.43 Å². The van der Waals surface area contributed by atoms with Gasteiger partial charge < -0.3 is 0 Å². The fraction of sp³-hybridized carbons (Fsp3) is 0.533. The number of hydrogen-bond donors (Lipinski definition) is 2. The zero-order chi connectivity index (χ0) is 15.0. The Hall–Kier alpha value is -1.72. The number of nitrogens with one attached hydrogen (secondary N) is 2. The van der Waals surface area contributed by atoms with Crippen LogP contribution in [0.15, 0.2) is 24.3 Å². The maximum atomic E-state index is 12.8. The minimum absolute atomic E-state index is 0.0608. The second kappa shape index (κ2) is 5.24. The summed E-state index contributed by atoms with van der Waals surface area (Å²) < 4.78 is 38.5. The summed E-state index contributed by atoms with van der Waals surface area (Å²) in [6, 6.07) is 5.13. The number of anilines is 1. The van der Waals surface area contributed by atoms with Crippen LogP contribution in [-0.2, 0) is 11.0 Å². The van der Waals surface area contributed by atoms with Gasteiger partial charge in [0.2, 0.25) is 5.91 Å². The Balaban J connectivity index is 1.64. The first-order valence-electron chi connectivity index (χ1n) is 7.17. The third-order valence-corrected chi connectivity index (χ3v) is 4.63. The molecule has 2 bridgehead atoms. The lowest BCUT2D eigenvalue weighted by molar-refractivity contribution is -0.137. The summed E-state index contributed by atoms with van der Waals surface area (Å²) in [4.78, 5) is 12.1. The highest BCUT2D eigenvalue weighted by Gasteiger charge is 2.43. The molecule has 3 nitrogen and oxygen atoms in total. The first-order valence-corrected chi connectivity index (χ1v) is 7.17. The summed E-state index contributed by atoms with van der Waals surface area (Å²) in [6.07, 6.45) is -0.266. The standard InChI is InChI=1S/C15H17F3N2O/c16-15(17,18)12-3-1-2-4-13(12)19-20-14(21)11-8-9-5-6-10(11)7-9/h1-4,9-11,19H,5-8H2,(H,20,21)/t9-,10-,11-/m0/s1. The van der Waals surface area contributed by atoms with Crippen molar-refractivity contribution < 1.29 is 18.0 Å². The van der Waals surface area contributed by atoms with E-state index in [0.29, 0.717) is 11.8 Å². The van der Waals surface area contributed by atoms with Gasteiger partial charge in [0.25, 0.3) is 0 Å². The van der Waals surface area contributed by atoms with E-state index in [0.717, 1.165) is 25.3 Å². The Morgan fingerprint density at radius 3 is 2.52 bits per heavy atom. The summed E-state index contributed by atoms with van der Waals surface area (Å²) in [5, 5.41) is 0. The molecule has 0 aliphatic heterocycles. The van der Waals surface area contributed by atoms with Crippen molar-refractivity contribution in [3.05, 3.63) is 29.8 Å². The predicted molar refractivity (Wildman–Crippen MR) is 72.1 cm³/mol. The Morgan fingerprint density at radius 2 is 1.90 bits per heavy atom. The van der Waals surface area contributed by atoms with Crippen LogP contribution >= 0.6 is 0 Å². The second-order valence-corrected chi connectivity index (χ2v) is 5.94. The molecule has 2 aliphatic carbocycles. The fourth-order valence-electron chi connectivity index (χ4n) is 3.63. The topological polar surface area (TPSA) is 41.1 Å². The van der Waals surface area contributed by atoms with Crippen LogP contribution < -0.4 is 10.9 Å². The summed E-state index contributed by atoms with van der Waals surface area (Å²) in [5.41, 5.74) is 3.98. The molecule has 3 atom stereocenters. The number of carbonyl (C=O) groups is 1. The van der Waals surface area contributed by atoms with Crippen molar-refractivity contribution >= 4 is 11.6 Å². The maximum absolute atomic E-state index is 12.8. The van der Waals surface area contributed by atoms with Gasteiger partial charge in [0.15, 0.2) is 0 Å². The van der Waals surface area contributed by atoms with E-state index >= 15 is 0 Å².